The summed E-state index contributed by atoms with van der Waals surface area (Å²) >= 11 is 0. The number of carbonyl (C=O) groups is 2. The first-order valence-electron chi connectivity index (χ1n) is 7.69. The Morgan fingerprint density at radius 1 is 1.35 bits per heavy atom. The Labute approximate surface area is 138 Å². The summed E-state index contributed by atoms with van der Waals surface area (Å²) in [5.74, 6) is 0.389. The average Bonchev–Trinajstić information content (AvgIpc) is 2.51. The van der Waals surface area contributed by atoms with Gasteiger partial charge in [0.25, 0.3) is 0 Å². The van der Waals surface area contributed by atoms with Crippen molar-refractivity contribution in [1.82, 2.24) is 10.2 Å². The van der Waals surface area contributed by atoms with Crippen molar-refractivity contribution in [3.05, 3.63) is 42.5 Å². The second-order valence-electron chi connectivity index (χ2n) is 5.74. The van der Waals surface area contributed by atoms with E-state index in [1.165, 1.54) is 6.92 Å². The maximum atomic E-state index is 12.8. The fourth-order valence-electron chi connectivity index (χ4n) is 2.36. The standard InChI is InChI=1S/C18H26N2O3/c1-6-11-20(12-15-9-7-8-10-16(15)23-5)18(22)17(13(2)3)19-14(4)21/h6-10,13,17H,1,11-12H2,2-5H3,(H,19,21)/t17-/m1/s1. The van der Waals surface area contributed by atoms with Gasteiger partial charge >= 0.3 is 0 Å². The fourth-order valence-corrected chi connectivity index (χ4v) is 2.36. The van der Waals surface area contributed by atoms with Gasteiger partial charge in [0, 0.05) is 25.6 Å². The van der Waals surface area contributed by atoms with E-state index < -0.39 is 6.04 Å². The van der Waals surface area contributed by atoms with Crippen LogP contribution in [0.25, 0.3) is 0 Å². The number of carbonyl (C=O) groups excluding carboxylic acids is 2. The Hall–Kier alpha value is -2.30. The van der Waals surface area contributed by atoms with E-state index in [-0.39, 0.29) is 17.7 Å². The van der Waals surface area contributed by atoms with Gasteiger partial charge in [-0.2, -0.15) is 0 Å². The highest BCUT2D eigenvalue weighted by Crippen LogP contribution is 2.20. The second kappa shape index (κ2) is 8.98. The zero-order chi connectivity index (χ0) is 17.4. The van der Waals surface area contributed by atoms with Gasteiger partial charge in [-0.15, -0.1) is 6.58 Å². The molecule has 0 heterocycles. The molecule has 0 saturated heterocycles. The summed E-state index contributed by atoms with van der Waals surface area (Å²) < 4.78 is 5.34. The Bertz CT molecular complexity index is 555. The Morgan fingerprint density at radius 2 is 2.00 bits per heavy atom. The van der Waals surface area contributed by atoms with Crippen molar-refractivity contribution in [3.8, 4) is 5.75 Å². The van der Waals surface area contributed by atoms with Crippen molar-refractivity contribution in [1.29, 1.82) is 0 Å². The molecule has 126 valence electrons. The molecular formula is C18H26N2O3. The normalized spacial score (nSPS) is 11.7. The molecule has 1 aromatic rings. The second-order valence-corrected chi connectivity index (χ2v) is 5.74. The molecule has 1 rings (SSSR count). The van der Waals surface area contributed by atoms with Crippen LogP contribution in [-0.4, -0.2) is 36.4 Å². The van der Waals surface area contributed by atoms with Gasteiger partial charge in [0.15, 0.2) is 0 Å². The molecule has 1 aromatic carbocycles. The first-order chi connectivity index (χ1) is 10.9. The van der Waals surface area contributed by atoms with Gasteiger partial charge in [0.05, 0.1) is 7.11 Å². The number of ether oxygens (including phenoxy) is 1. The van der Waals surface area contributed by atoms with Gasteiger partial charge in [-0.3, -0.25) is 9.59 Å². The van der Waals surface area contributed by atoms with E-state index in [0.717, 1.165) is 11.3 Å². The van der Waals surface area contributed by atoms with Crippen LogP contribution in [0.1, 0.15) is 26.3 Å². The summed E-state index contributed by atoms with van der Waals surface area (Å²) in [7, 11) is 1.60. The zero-order valence-electron chi connectivity index (χ0n) is 14.3. The number of hydrogen-bond donors (Lipinski definition) is 1. The van der Waals surface area contributed by atoms with Gasteiger partial charge < -0.3 is 15.0 Å². The summed E-state index contributed by atoms with van der Waals surface area (Å²) in [6, 6.07) is 7.02. The molecule has 0 radical (unpaired) electrons. The van der Waals surface area contributed by atoms with Crippen LogP contribution in [0.5, 0.6) is 5.75 Å². The maximum Gasteiger partial charge on any atom is 0.245 e. The topological polar surface area (TPSA) is 58.6 Å². The van der Waals surface area contributed by atoms with E-state index in [0.29, 0.717) is 13.1 Å². The summed E-state index contributed by atoms with van der Waals surface area (Å²) in [6.07, 6.45) is 1.68. The summed E-state index contributed by atoms with van der Waals surface area (Å²) in [4.78, 5) is 25.9. The van der Waals surface area contributed by atoms with E-state index >= 15 is 0 Å². The van der Waals surface area contributed by atoms with E-state index in [4.69, 9.17) is 4.74 Å². The molecule has 0 aliphatic rings. The predicted octanol–water partition coefficient (Wildman–Crippen LogP) is 2.37. The molecule has 2 amide bonds. The first kappa shape index (κ1) is 18.7. The molecule has 0 spiro atoms. The lowest BCUT2D eigenvalue weighted by Gasteiger charge is -2.29. The molecule has 0 aliphatic heterocycles. The molecule has 0 unspecified atom stereocenters. The Balaban J connectivity index is 3.01. The van der Waals surface area contributed by atoms with Crippen LogP contribution in [0, 0.1) is 5.92 Å². The molecule has 0 saturated carbocycles. The van der Waals surface area contributed by atoms with E-state index in [9.17, 15) is 9.59 Å². The Kier molecular flexibility index (Phi) is 7.32. The number of amides is 2. The van der Waals surface area contributed by atoms with Crippen LogP contribution in [-0.2, 0) is 16.1 Å². The minimum atomic E-state index is -0.554. The molecule has 0 aliphatic carbocycles. The van der Waals surface area contributed by atoms with Crippen molar-refractivity contribution in [2.45, 2.75) is 33.4 Å². The molecule has 0 bridgehead atoms. The maximum absolute atomic E-state index is 12.8. The van der Waals surface area contributed by atoms with Crippen molar-refractivity contribution >= 4 is 11.8 Å². The van der Waals surface area contributed by atoms with Crippen LogP contribution in [0.3, 0.4) is 0 Å². The summed E-state index contributed by atoms with van der Waals surface area (Å²) in [6.45, 7) is 9.76. The number of para-hydroxylation sites is 1. The first-order valence-corrected chi connectivity index (χ1v) is 7.69. The smallest absolute Gasteiger partial charge is 0.245 e. The minimum Gasteiger partial charge on any atom is -0.496 e. The van der Waals surface area contributed by atoms with Crippen molar-refractivity contribution in [2.24, 2.45) is 5.92 Å². The lowest BCUT2D eigenvalue weighted by molar-refractivity contribution is -0.137. The largest absolute Gasteiger partial charge is 0.496 e. The SMILES string of the molecule is C=CCN(Cc1ccccc1OC)C(=O)[C@H](NC(C)=O)C(C)C. The van der Waals surface area contributed by atoms with Gasteiger partial charge in [0.1, 0.15) is 11.8 Å². The third-order valence-electron chi connectivity index (χ3n) is 3.51. The number of hydrogen-bond acceptors (Lipinski definition) is 3. The highest BCUT2D eigenvalue weighted by molar-refractivity contribution is 5.87. The van der Waals surface area contributed by atoms with E-state index in [2.05, 4.69) is 11.9 Å². The molecule has 23 heavy (non-hydrogen) atoms. The van der Waals surface area contributed by atoms with Crippen LogP contribution in [0.15, 0.2) is 36.9 Å². The molecule has 5 nitrogen and oxygen atoms in total. The van der Waals surface area contributed by atoms with Crippen LogP contribution >= 0.6 is 0 Å². The van der Waals surface area contributed by atoms with Crippen molar-refractivity contribution < 1.29 is 14.3 Å². The van der Waals surface area contributed by atoms with Crippen molar-refractivity contribution in [3.63, 3.8) is 0 Å². The fraction of sp³-hybridized carbons (Fsp3) is 0.444. The van der Waals surface area contributed by atoms with Crippen LogP contribution in [0.4, 0.5) is 0 Å². The number of methoxy groups -OCH3 is 1. The van der Waals surface area contributed by atoms with Crippen LogP contribution < -0.4 is 10.1 Å². The average molecular weight is 318 g/mol. The zero-order valence-corrected chi connectivity index (χ0v) is 14.3. The molecule has 1 N–H and O–H groups in total. The molecule has 0 fully saturated rings. The van der Waals surface area contributed by atoms with Gasteiger partial charge in [0.2, 0.25) is 11.8 Å². The number of nitrogens with zero attached hydrogens (tertiary/aromatic N) is 1. The molecule has 1 atom stereocenters. The predicted molar refractivity (Wildman–Crippen MR) is 91.1 cm³/mol. The highest BCUT2D eigenvalue weighted by atomic mass is 16.5. The number of nitrogens with one attached hydrogen (secondary N) is 1. The van der Waals surface area contributed by atoms with Gasteiger partial charge in [-0.05, 0) is 12.0 Å². The summed E-state index contributed by atoms with van der Waals surface area (Å²) in [5.41, 5.74) is 0.913. The summed E-state index contributed by atoms with van der Waals surface area (Å²) in [5, 5.41) is 2.74. The molecule has 5 heteroatoms. The Morgan fingerprint density at radius 3 is 2.52 bits per heavy atom. The third-order valence-corrected chi connectivity index (χ3v) is 3.51. The quantitative estimate of drug-likeness (QED) is 0.749. The number of benzene rings is 1. The number of rotatable bonds is 8. The monoisotopic (exact) mass is 318 g/mol. The molecule has 0 aromatic heterocycles. The highest BCUT2D eigenvalue weighted by Gasteiger charge is 2.27. The van der Waals surface area contributed by atoms with E-state index in [1.807, 2.05) is 38.1 Å². The van der Waals surface area contributed by atoms with Crippen molar-refractivity contribution in [2.75, 3.05) is 13.7 Å². The lowest BCUT2D eigenvalue weighted by atomic mass is 10.0. The van der Waals surface area contributed by atoms with Gasteiger partial charge in [-0.1, -0.05) is 38.1 Å². The van der Waals surface area contributed by atoms with Crippen LogP contribution in [0.2, 0.25) is 0 Å². The minimum absolute atomic E-state index is 0.00335. The van der Waals surface area contributed by atoms with Gasteiger partial charge in [-0.25, -0.2) is 0 Å². The molecular weight excluding hydrogens is 292 g/mol. The van der Waals surface area contributed by atoms with E-state index in [1.54, 1.807) is 18.1 Å². The lowest BCUT2D eigenvalue weighted by Crippen LogP contribution is -2.50. The third kappa shape index (κ3) is 5.43.